The van der Waals surface area contributed by atoms with Gasteiger partial charge in [-0.15, -0.1) is 0 Å². The molecule has 0 unspecified atom stereocenters. The third-order valence-corrected chi connectivity index (χ3v) is 4.15. The number of hydrogen-bond donors (Lipinski definition) is 1. The molecular weight excluding hydrogens is 322 g/mol. The van der Waals surface area contributed by atoms with Crippen molar-refractivity contribution in [3.8, 4) is 0 Å². The summed E-state index contributed by atoms with van der Waals surface area (Å²) >= 11 is 6.13. The summed E-state index contributed by atoms with van der Waals surface area (Å²) in [5.41, 5.74) is 0.734. The van der Waals surface area contributed by atoms with Crippen LogP contribution < -0.4 is 0 Å². The van der Waals surface area contributed by atoms with Crippen molar-refractivity contribution in [2.45, 2.75) is 18.9 Å². The number of imidazole rings is 1. The Balaban J connectivity index is 1.98. The van der Waals surface area contributed by atoms with E-state index in [0.717, 1.165) is 0 Å². The number of fused-ring (bicyclic) bond motifs is 1. The lowest BCUT2D eigenvalue weighted by Crippen LogP contribution is -2.46. The van der Waals surface area contributed by atoms with Gasteiger partial charge in [0.2, 0.25) is 0 Å². The molecular formula is C15H16ClN3O4. The van der Waals surface area contributed by atoms with Gasteiger partial charge in [-0.25, -0.2) is 4.98 Å². The molecule has 0 bridgehead atoms. The normalized spacial score (nSPS) is 15.7. The maximum Gasteiger partial charge on any atom is 0.323 e. The van der Waals surface area contributed by atoms with Crippen LogP contribution in [0, 0.1) is 0 Å². The largest absolute Gasteiger partial charge is 0.480 e. The molecule has 1 aliphatic rings. The number of halogens is 1. The molecule has 2 aromatic rings. The smallest absolute Gasteiger partial charge is 0.323 e. The van der Waals surface area contributed by atoms with E-state index in [4.69, 9.17) is 21.4 Å². The van der Waals surface area contributed by atoms with Crippen LogP contribution in [0.3, 0.4) is 0 Å². The fourth-order valence-corrected chi connectivity index (χ4v) is 3.06. The number of nitrogens with zero attached hydrogens (tertiary/aromatic N) is 3. The van der Waals surface area contributed by atoms with Gasteiger partial charge in [-0.2, -0.15) is 0 Å². The number of rotatable bonds is 4. The molecule has 0 atom stereocenters. The van der Waals surface area contributed by atoms with Crippen molar-refractivity contribution in [1.29, 1.82) is 0 Å². The van der Waals surface area contributed by atoms with Gasteiger partial charge in [-0.05, 0) is 25.0 Å². The SMILES string of the molecule is O=C(O)CN(C(=O)c1c(Cl)nc2ccccn12)C1CCOCC1. The zero-order valence-electron chi connectivity index (χ0n) is 12.3. The van der Waals surface area contributed by atoms with E-state index in [1.165, 1.54) is 4.90 Å². The molecule has 0 aliphatic carbocycles. The number of carboxylic acid groups (broad SMARTS) is 1. The quantitative estimate of drug-likeness (QED) is 0.917. The Morgan fingerprint density at radius 1 is 1.39 bits per heavy atom. The molecule has 3 rings (SSSR count). The van der Waals surface area contributed by atoms with Crippen LogP contribution in [-0.4, -0.2) is 57.1 Å². The number of amides is 1. The van der Waals surface area contributed by atoms with E-state index in [-0.39, 0.29) is 23.4 Å². The predicted molar refractivity (Wildman–Crippen MR) is 82.7 cm³/mol. The topological polar surface area (TPSA) is 84.1 Å². The molecule has 7 nitrogen and oxygen atoms in total. The zero-order chi connectivity index (χ0) is 16.4. The molecule has 122 valence electrons. The summed E-state index contributed by atoms with van der Waals surface area (Å²) in [5.74, 6) is -1.49. The van der Waals surface area contributed by atoms with Crippen LogP contribution in [0.1, 0.15) is 23.3 Å². The third-order valence-electron chi connectivity index (χ3n) is 3.89. The van der Waals surface area contributed by atoms with Crippen molar-refractivity contribution in [3.05, 3.63) is 35.2 Å². The van der Waals surface area contributed by atoms with Crippen LogP contribution in [0.15, 0.2) is 24.4 Å². The van der Waals surface area contributed by atoms with Gasteiger partial charge in [0.25, 0.3) is 5.91 Å². The number of hydrogen-bond acceptors (Lipinski definition) is 4. The first-order valence-electron chi connectivity index (χ1n) is 7.31. The summed E-state index contributed by atoms with van der Waals surface area (Å²) in [5, 5.41) is 9.24. The molecule has 1 fully saturated rings. The molecule has 23 heavy (non-hydrogen) atoms. The number of carbonyl (C=O) groups is 2. The maximum absolute atomic E-state index is 13.0. The highest BCUT2D eigenvalue weighted by Gasteiger charge is 2.31. The number of carboxylic acids is 1. The standard InChI is InChI=1S/C15H16ClN3O4/c16-14-13(18-6-2-1-3-11(18)17-14)15(22)19(9-12(20)21)10-4-7-23-8-5-10/h1-3,6,10H,4-5,7-9H2,(H,20,21). The molecule has 8 heteroatoms. The fourth-order valence-electron chi connectivity index (χ4n) is 2.80. The summed E-state index contributed by atoms with van der Waals surface area (Å²) < 4.78 is 6.87. The summed E-state index contributed by atoms with van der Waals surface area (Å²) in [7, 11) is 0. The Bertz CT molecular complexity index is 739. The van der Waals surface area contributed by atoms with Gasteiger partial charge in [-0.1, -0.05) is 17.7 Å². The molecule has 0 aromatic carbocycles. The summed E-state index contributed by atoms with van der Waals surface area (Å²) in [4.78, 5) is 29.7. The van der Waals surface area contributed by atoms with Crippen molar-refractivity contribution in [2.75, 3.05) is 19.8 Å². The summed E-state index contributed by atoms with van der Waals surface area (Å²) in [6.07, 6.45) is 2.89. The summed E-state index contributed by atoms with van der Waals surface area (Å²) in [6, 6.07) is 5.11. The van der Waals surface area contributed by atoms with E-state index in [1.807, 2.05) is 0 Å². The minimum Gasteiger partial charge on any atom is -0.480 e. The van der Waals surface area contributed by atoms with Gasteiger partial charge >= 0.3 is 5.97 Å². The lowest BCUT2D eigenvalue weighted by molar-refractivity contribution is -0.138. The Kier molecular flexibility index (Phi) is 4.49. The van der Waals surface area contributed by atoms with Crippen molar-refractivity contribution >= 4 is 29.1 Å². The average molecular weight is 338 g/mol. The van der Waals surface area contributed by atoms with Gasteiger partial charge in [0, 0.05) is 25.5 Å². The number of aromatic nitrogens is 2. The Morgan fingerprint density at radius 3 is 2.83 bits per heavy atom. The molecule has 1 aliphatic heterocycles. The van der Waals surface area contributed by atoms with E-state index >= 15 is 0 Å². The first-order valence-corrected chi connectivity index (χ1v) is 7.69. The molecule has 1 N–H and O–H groups in total. The van der Waals surface area contributed by atoms with E-state index < -0.39 is 11.9 Å². The van der Waals surface area contributed by atoms with Crippen LogP contribution in [0.4, 0.5) is 0 Å². The monoisotopic (exact) mass is 337 g/mol. The lowest BCUT2D eigenvalue weighted by atomic mass is 10.1. The highest BCUT2D eigenvalue weighted by Crippen LogP contribution is 2.23. The van der Waals surface area contributed by atoms with Crippen LogP contribution in [0.5, 0.6) is 0 Å². The minimum absolute atomic E-state index is 0.0728. The number of pyridine rings is 1. The first kappa shape index (κ1) is 15.8. The fraction of sp³-hybridized carbons (Fsp3) is 0.400. The van der Waals surface area contributed by atoms with E-state index in [1.54, 1.807) is 28.8 Å². The molecule has 0 saturated carbocycles. The van der Waals surface area contributed by atoms with Crippen LogP contribution >= 0.6 is 11.6 Å². The minimum atomic E-state index is -1.06. The molecule has 3 heterocycles. The molecule has 1 amide bonds. The second-order valence-electron chi connectivity index (χ2n) is 5.35. The predicted octanol–water partition coefficient (Wildman–Crippen LogP) is 1.69. The van der Waals surface area contributed by atoms with Crippen molar-refractivity contribution < 1.29 is 19.4 Å². The van der Waals surface area contributed by atoms with E-state index in [9.17, 15) is 9.59 Å². The van der Waals surface area contributed by atoms with Gasteiger partial charge in [0.1, 0.15) is 12.2 Å². The third kappa shape index (κ3) is 3.16. The number of ether oxygens (including phenoxy) is 1. The van der Waals surface area contributed by atoms with Gasteiger partial charge in [-0.3, -0.25) is 14.0 Å². The molecule has 0 spiro atoms. The Hall–Kier alpha value is -2.12. The highest BCUT2D eigenvalue weighted by molar-refractivity contribution is 6.32. The van der Waals surface area contributed by atoms with Crippen LogP contribution in [0.25, 0.3) is 5.65 Å². The maximum atomic E-state index is 13.0. The second kappa shape index (κ2) is 6.55. The number of carbonyl (C=O) groups excluding carboxylic acids is 1. The average Bonchev–Trinajstić information content (AvgIpc) is 2.88. The summed E-state index contributed by atoms with van der Waals surface area (Å²) in [6.45, 7) is 0.643. The molecule has 2 aromatic heterocycles. The van der Waals surface area contributed by atoms with E-state index in [2.05, 4.69) is 4.98 Å². The Labute approximate surface area is 137 Å². The lowest BCUT2D eigenvalue weighted by Gasteiger charge is -2.33. The zero-order valence-corrected chi connectivity index (χ0v) is 13.1. The Morgan fingerprint density at radius 2 is 2.13 bits per heavy atom. The first-order chi connectivity index (χ1) is 11.1. The van der Waals surface area contributed by atoms with Gasteiger partial charge < -0.3 is 14.7 Å². The van der Waals surface area contributed by atoms with Gasteiger partial charge in [0.05, 0.1) is 0 Å². The second-order valence-corrected chi connectivity index (χ2v) is 5.71. The highest BCUT2D eigenvalue weighted by atomic mass is 35.5. The van der Waals surface area contributed by atoms with Crippen LogP contribution in [0.2, 0.25) is 5.15 Å². The van der Waals surface area contributed by atoms with Crippen molar-refractivity contribution in [1.82, 2.24) is 14.3 Å². The van der Waals surface area contributed by atoms with Crippen molar-refractivity contribution in [2.24, 2.45) is 0 Å². The number of aliphatic carboxylic acids is 1. The van der Waals surface area contributed by atoms with Gasteiger partial charge in [0.15, 0.2) is 10.8 Å². The van der Waals surface area contributed by atoms with E-state index in [0.29, 0.717) is 31.7 Å². The molecule has 1 saturated heterocycles. The molecule has 0 radical (unpaired) electrons. The van der Waals surface area contributed by atoms with Crippen LogP contribution in [-0.2, 0) is 9.53 Å². The van der Waals surface area contributed by atoms with Crippen molar-refractivity contribution in [3.63, 3.8) is 0 Å².